The van der Waals surface area contributed by atoms with Crippen molar-refractivity contribution >= 4 is 5.91 Å². The summed E-state index contributed by atoms with van der Waals surface area (Å²) < 4.78 is 28.8. The molecule has 102 valence electrons. The molecule has 0 fully saturated rings. The molecule has 1 aromatic carbocycles. The molecule has 19 heavy (non-hydrogen) atoms. The summed E-state index contributed by atoms with van der Waals surface area (Å²) in [6.45, 7) is -1.10. The van der Waals surface area contributed by atoms with Crippen molar-refractivity contribution in [3.63, 3.8) is 0 Å². The summed E-state index contributed by atoms with van der Waals surface area (Å²) in [7, 11) is 1.51. The second-order valence-corrected chi connectivity index (χ2v) is 4.09. The fraction of sp³-hybridized carbons (Fsp3) is 0.385. The summed E-state index contributed by atoms with van der Waals surface area (Å²) in [5.74, 6) is -0.963. The topological polar surface area (TPSA) is 53.3 Å². The first-order chi connectivity index (χ1) is 8.95. The van der Waals surface area contributed by atoms with E-state index in [1.54, 1.807) is 13.0 Å². The molecule has 0 saturated heterocycles. The first-order valence-corrected chi connectivity index (χ1v) is 5.64. The number of amides is 1. The van der Waals surface area contributed by atoms with Crippen molar-refractivity contribution in [3.8, 4) is 11.8 Å². The van der Waals surface area contributed by atoms with Crippen LogP contribution in [0.15, 0.2) is 24.3 Å². The van der Waals surface area contributed by atoms with Crippen LogP contribution in [0.5, 0.6) is 5.75 Å². The molecule has 0 aliphatic heterocycles. The van der Waals surface area contributed by atoms with Crippen LogP contribution in [0.2, 0.25) is 0 Å². The number of hydrogen-bond donors (Lipinski definition) is 0. The van der Waals surface area contributed by atoms with Gasteiger partial charge in [0.1, 0.15) is 5.75 Å². The molecule has 1 unspecified atom stereocenters. The normalized spacial score (nSPS) is 11.8. The van der Waals surface area contributed by atoms with Crippen LogP contribution in [0.1, 0.15) is 17.3 Å². The molecule has 0 radical (unpaired) electrons. The van der Waals surface area contributed by atoms with Crippen molar-refractivity contribution in [2.75, 3.05) is 13.6 Å². The van der Waals surface area contributed by atoms with Crippen LogP contribution in [-0.2, 0) is 0 Å². The van der Waals surface area contributed by atoms with E-state index in [0.29, 0.717) is 0 Å². The van der Waals surface area contributed by atoms with E-state index in [0.717, 1.165) is 0 Å². The van der Waals surface area contributed by atoms with Gasteiger partial charge in [0.05, 0.1) is 17.6 Å². The first kappa shape index (κ1) is 14.9. The lowest BCUT2D eigenvalue weighted by molar-refractivity contribution is -0.0502. The van der Waals surface area contributed by atoms with Gasteiger partial charge in [-0.2, -0.15) is 14.0 Å². The third-order valence-electron chi connectivity index (χ3n) is 2.45. The monoisotopic (exact) mass is 268 g/mol. The SMILES string of the molecule is CC(C#N)CN(C)C(=O)c1ccccc1OC(F)F. The lowest BCUT2D eigenvalue weighted by Gasteiger charge is -2.19. The van der Waals surface area contributed by atoms with Gasteiger partial charge in [-0.3, -0.25) is 4.79 Å². The molecule has 1 atom stereocenters. The van der Waals surface area contributed by atoms with Gasteiger partial charge in [0.2, 0.25) is 0 Å². The Kier molecular flexibility index (Phi) is 5.24. The van der Waals surface area contributed by atoms with Gasteiger partial charge in [-0.25, -0.2) is 0 Å². The summed E-state index contributed by atoms with van der Waals surface area (Å²) in [5, 5.41) is 8.70. The maximum absolute atomic E-state index is 12.2. The molecule has 0 aliphatic rings. The second kappa shape index (κ2) is 6.69. The molecule has 0 saturated carbocycles. The van der Waals surface area contributed by atoms with E-state index in [-0.39, 0.29) is 23.8 Å². The number of rotatable bonds is 5. The van der Waals surface area contributed by atoms with Crippen LogP contribution in [0.25, 0.3) is 0 Å². The highest BCUT2D eigenvalue weighted by molar-refractivity contribution is 5.96. The average molecular weight is 268 g/mol. The van der Waals surface area contributed by atoms with Crippen LogP contribution in [0, 0.1) is 17.2 Å². The molecule has 0 N–H and O–H groups in total. The Labute approximate surface area is 110 Å². The summed E-state index contributed by atoms with van der Waals surface area (Å²) in [6, 6.07) is 7.79. The Morgan fingerprint density at radius 2 is 2.11 bits per heavy atom. The molecule has 6 heteroatoms. The van der Waals surface area contributed by atoms with Gasteiger partial charge < -0.3 is 9.64 Å². The van der Waals surface area contributed by atoms with Gasteiger partial charge in [0.15, 0.2) is 0 Å². The summed E-state index contributed by atoms with van der Waals surface area (Å²) >= 11 is 0. The zero-order chi connectivity index (χ0) is 14.4. The summed E-state index contributed by atoms with van der Waals surface area (Å²) in [6.07, 6.45) is 0. The Morgan fingerprint density at radius 1 is 1.47 bits per heavy atom. The fourth-order valence-corrected chi connectivity index (χ4v) is 1.58. The Bertz CT molecular complexity index is 486. The van der Waals surface area contributed by atoms with E-state index >= 15 is 0 Å². The fourth-order valence-electron chi connectivity index (χ4n) is 1.58. The molecule has 0 aliphatic carbocycles. The van der Waals surface area contributed by atoms with Crippen molar-refractivity contribution in [2.24, 2.45) is 5.92 Å². The van der Waals surface area contributed by atoms with Crippen LogP contribution in [0.4, 0.5) is 8.78 Å². The smallest absolute Gasteiger partial charge is 0.387 e. The second-order valence-electron chi connectivity index (χ2n) is 4.09. The predicted molar refractivity (Wildman–Crippen MR) is 64.8 cm³/mol. The zero-order valence-corrected chi connectivity index (χ0v) is 10.6. The number of carbonyl (C=O) groups excluding carboxylic acids is 1. The Morgan fingerprint density at radius 3 is 2.68 bits per heavy atom. The van der Waals surface area contributed by atoms with Gasteiger partial charge in [-0.05, 0) is 19.1 Å². The standard InChI is InChI=1S/C13H14F2N2O2/c1-9(7-16)8-17(2)12(18)10-5-3-4-6-11(10)19-13(14)15/h3-6,9,13H,8H2,1-2H3. The zero-order valence-electron chi connectivity index (χ0n) is 10.6. The number of para-hydroxylation sites is 1. The number of ether oxygens (including phenoxy) is 1. The van der Waals surface area contributed by atoms with Gasteiger partial charge in [0, 0.05) is 13.6 Å². The quantitative estimate of drug-likeness (QED) is 0.824. The van der Waals surface area contributed by atoms with Crippen molar-refractivity contribution in [2.45, 2.75) is 13.5 Å². The lowest BCUT2D eigenvalue weighted by Crippen LogP contribution is -2.31. The maximum atomic E-state index is 12.2. The van der Waals surface area contributed by atoms with Crippen LogP contribution in [-0.4, -0.2) is 31.0 Å². The van der Waals surface area contributed by atoms with Crippen molar-refractivity contribution in [1.82, 2.24) is 4.90 Å². The van der Waals surface area contributed by atoms with Crippen LogP contribution < -0.4 is 4.74 Å². The molecular weight excluding hydrogens is 254 g/mol. The third kappa shape index (κ3) is 4.21. The minimum atomic E-state index is -2.99. The largest absolute Gasteiger partial charge is 0.434 e. The molecule has 0 heterocycles. The van der Waals surface area contributed by atoms with Crippen LogP contribution >= 0.6 is 0 Å². The number of nitrogens with zero attached hydrogens (tertiary/aromatic N) is 2. The first-order valence-electron chi connectivity index (χ1n) is 5.64. The van der Waals surface area contributed by atoms with E-state index in [1.165, 1.54) is 30.1 Å². The molecule has 0 bridgehead atoms. The highest BCUT2D eigenvalue weighted by Gasteiger charge is 2.19. The molecule has 1 rings (SSSR count). The number of benzene rings is 1. The average Bonchev–Trinajstić information content (AvgIpc) is 2.37. The number of hydrogen-bond acceptors (Lipinski definition) is 3. The molecule has 1 aromatic rings. The predicted octanol–water partition coefficient (Wildman–Crippen LogP) is 2.52. The highest BCUT2D eigenvalue weighted by Crippen LogP contribution is 2.21. The van der Waals surface area contributed by atoms with Crippen molar-refractivity contribution in [1.29, 1.82) is 5.26 Å². The molecule has 0 spiro atoms. The molecule has 4 nitrogen and oxygen atoms in total. The van der Waals surface area contributed by atoms with Crippen molar-refractivity contribution < 1.29 is 18.3 Å². The Balaban J connectivity index is 2.90. The number of nitriles is 1. The van der Waals surface area contributed by atoms with E-state index in [2.05, 4.69) is 4.74 Å². The summed E-state index contributed by atoms with van der Waals surface area (Å²) in [4.78, 5) is 13.4. The van der Waals surface area contributed by atoms with Gasteiger partial charge in [-0.1, -0.05) is 12.1 Å². The maximum Gasteiger partial charge on any atom is 0.387 e. The third-order valence-corrected chi connectivity index (χ3v) is 2.45. The van der Waals surface area contributed by atoms with Gasteiger partial charge >= 0.3 is 6.61 Å². The highest BCUT2D eigenvalue weighted by atomic mass is 19.3. The van der Waals surface area contributed by atoms with E-state index in [1.807, 2.05) is 6.07 Å². The number of halogens is 2. The molecule has 0 aromatic heterocycles. The molecular formula is C13H14F2N2O2. The summed E-state index contributed by atoms with van der Waals surface area (Å²) in [5.41, 5.74) is 0.0513. The van der Waals surface area contributed by atoms with E-state index in [9.17, 15) is 13.6 Å². The van der Waals surface area contributed by atoms with E-state index < -0.39 is 12.5 Å². The molecule has 1 amide bonds. The van der Waals surface area contributed by atoms with Gasteiger partial charge in [0.25, 0.3) is 5.91 Å². The minimum absolute atomic E-state index is 0.0513. The Hall–Kier alpha value is -2.16. The lowest BCUT2D eigenvalue weighted by atomic mass is 10.1. The minimum Gasteiger partial charge on any atom is -0.434 e. The van der Waals surface area contributed by atoms with E-state index in [4.69, 9.17) is 5.26 Å². The number of carbonyl (C=O) groups is 1. The van der Waals surface area contributed by atoms with Crippen molar-refractivity contribution in [3.05, 3.63) is 29.8 Å². The number of alkyl halides is 2. The van der Waals surface area contributed by atoms with Crippen LogP contribution in [0.3, 0.4) is 0 Å². The van der Waals surface area contributed by atoms with Gasteiger partial charge in [-0.15, -0.1) is 0 Å².